The third kappa shape index (κ3) is 3.32. The molecule has 0 spiro atoms. The van der Waals surface area contributed by atoms with Crippen LogP contribution >= 0.6 is 15.9 Å². The molecule has 3 aromatic rings. The van der Waals surface area contributed by atoms with Crippen molar-refractivity contribution in [2.75, 3.05) is 16.8 Å². The number of carbonyl (C=O) groups is 2. The zero-order chi connectivity index (χ0) is 18.1. The Morgan fingerprint density at radius 3 is 2.85 bits per heavy atom. The van der Waals surface area contributed by atoms with Gasteiger partial charge in [-0.2, -0.15) is 0 Å². The van der Waals surface area contributed by atoms with Crippen molar-refractivity contribution in [1.82, 2.24) is 4.98 Å². The molecule has 1 saturated heterocycles. The fourth-order valence-corrected chi connectivity index (χ4v) is 3.55. The number of anilines is 2. The average Bonchev–Trinajstić information content (AvgIpc) is 3.03. The smallest absolute Gasteiger partial charge is 0.229 e. The first-order valence-corrected chi connectivity index (χ1v) is 9.11. The minimum absolute atomic E-state index is 0.0418. The van der Waals surface area contributed by atoms with Crippen molar-refractivity contribution in [3.8, 4) is 0 Å². The zero-order valence-corrected chi connectivity index (χ0v) is 15.4. The van der Waals surface area contributed by atoms with Crippen LogP contribution in [0.1, 0.15) is 6.42 Å². The molecule has 2 heterocycles. The molecule has 6 heteroatoms. The van der Waals surface area contributed by atoms with Gasteiger partial charge in [-0.25, -0.2) is 0 Å². The molecule has 1 fully saturated rings. The van der Waals surface area contributed by atoms with E-state index in [1.165, 1.54) is 0 Å². The summed E-state index contributed by atoms with van der Waals surface area (Å²) in [6.45, 7) is 0.377. The molecule has 1 aliphatic heterocycles. The second-order valence-electron chi connectivity index (χ2n) is 6.29. The number of halogens is 1. The zero-order valence-electron chi connectivity index (χ0n) is 13.9. The summed E-state index contributed by atoms with van der Waals surface area (Å²) in [6, 6.07) is 17.2. The molecule has 4 rings (SSSR count). The van der Waals surface area contributed by atoms with Crippen molar-refractivity contribution in [2.45, 2.75) is 6.42 Å². The van der Waals surface area contributed by atoms with E-state index in [2.05, 4.69) is 26.2 Å². The monoisotopic (exact) mass is 409 g/mol. The van der Waals surface area contributed by atoms with Gasteiger partial charge in [0.2, 0.25) is 11.8 Å². The highest BCUT2D eigenvalue weighted by molar-refractivity contribution is 9.10. The van der Waals surface area contributed by atoms with Gasteiger partial charge in [0.1, 0.15) is 0 Å². The Morgan fingerprint density at radius 2 is 2.00 bits per heavy atom. The molecule has 1 aromatic heterocycles. The third-order valence-electron chi connectivity index (χ3n) is 4.47. The number of benzene rings is 2. The number of pyridine rings is 1. The summed E-state index contributed by atoms with van der Waals surface area (Å²) in [5.74, 6) is -0.583. The summed E-state index contributed by atoms with van der Waals surface area (Å²) >= 11 is 3.41. The highest BCUT2D eigenvalue weighted by Crippen LogP contribution is 2.28. The van der Waals surface area contributed by atoms with Gasteiger partial charge in [-0.15, -0.1) is 0 Å². The van der Waals surface area contributed by atoms with Gasteiger partial charge in [0.15, 0.2) is 0 Å². The van der Waals surface area contributed by atoms with Crippen molar-refractivity contribution >= 4 is 50.0 Å². The van der Waals surface area contributed by atoms with Crippen molar-refractivity contribution in [3.63, 3.8) is 0 Å². The first-order chi connectivity index (χ1) is 12.6. The van der Waals surface area contributed by atoms with Crippen molar-refractivity contribution in [1.29, 1.82) is 0 Å². The number of rotatable bonds is 3. The molecule has 0 radical (unpaired) electrons. The number of fused-ring (bicyclic) bond motifs is 1. The van der Waals surface area contributed by atoms with Gasteiger partial charge in [-0.05, 0) is 30.3 Å². The van der Waals surface area contributed by atoms with Gasteiger partial charge in [0, 0.05) is 28.5 Å². The minimum atomic E-state index is -0.382. The van der Waals surface area contributed by atoms with Crippen molar-refractivity contribution in [2.24, 2.45) is 5.92 Å². The predicted molar refractivity (Wildman–Crippen MR) is 105 cm³/mol. The largest absolute Gasteiger partial charge is 0.324 e. The topological polar surface area (TPSA) is 62.3 Å². The number of amides is 2. The molecule has 1 aliphatic rings. The lowest BCUT2D eigenvalue weighted by atomic mass is 10.1. The van der Waals surface area contributed by atoms with Crippen LogP contribution in [0, 0.1) is 5.92 Å². The lowest BCUT2D eigenvalue weighted by molar-refractivity contribution is -0.122. The van der Waals surface area contributed by atoms with Crippen LogP contribution in [-0.2, 0) is 9.59 Å². The molecule has 26 heavy (non-hydrogen) atoms. The van der Waals surface area contributed by atoms with Crippen LogP contribution in [0.15, 0.2) is 65.3 Å². The molecule has 0 bridgehead atoms. The van der Waals surface area contributed by atoms with Gasteiger partial charge < -0.3 is 10.2 Å². The fraction of sp³-hybridized carbons (Fsp3) is 0.150. The maximum absolute atomic E-state index is 12.6. The average molecular weight is 410 g/mol. The van der Waals surface area contributed by atoms with Crippen molar-refractivity contribution in [3.05, 3.63) is 65.3 Å². The highest BCUT2D eigenvalue weighted by atomic mass is 79.9. The molecule has 0 saturated carbocycles. The van der Waals surface area contributed by atoms with Crippen molar-refractivity contribution < 1.29 is 9.59 Å². The molecule has 2 aromatic carbocycles. The Kier molecular flexibility index (Phi) is 4.42. The molecule has 1 N–H and O–H groups in total. The molecule has 2 amide bonds. The third-order valence-corrected chi connectivity index (χ3v) is 4.97. The van der Waals surface area contributed by atoms with E-state index in [1.807, 2.05) is 54.6 Å². The SMILES string of the molecule is O=C(Nc1cnc2ccccc2c1)C1CC(=O)N(c2cccc(Br)c2)C1. The van der Waals surface area contributed by atoms with Crippen LogP contribution in [0.4, 0.5) is 11.4 Å². The predicted octanol–water partition coefficient (Wildman–Crippen LogP) is 3.99. The maximum atomic E-state index is 12.6. The van der Waals surface area contributed by atoms with E-state index in [0.717, 1.165) is 21.1 Å². The summed E-state index contributed by atoms with van der Waals surface area (Å²) in [6.07, 6.45) is 1.85. The van der Waals surface area contributed by atoms with Crippen LogP contribution in [0.2, 0.25) is 0 Å². The van der Waals surface area contributed by atoms with E-state index in [-0.39, 0.29) is 24.2 Å². The van der Waals surface area contributed by atoms with E-state index in [4.69, 9.17) is 0 Å². The van der Waals surface area contributed by atoms with E-state index >= 15 is 0 Å². The Bertz CT molecular complexity index is 1010. The summed E-state index contributed by atoms with van der Waals surface area (Å²) in [5, 5.41) is 3.85. The second kappa shape index (κ2) is 6.88. The van der Waals surface area contributed by atoms with Gasteiger partial charge >= 0.3 is 0 Å². The van der Waals surface area contributed by atoms with Crippen LogP contribution in [-0.4, -0.2) is 23.3 Å². The van der Waals surface area contributed by atoms with E-state index in [1.54, 1.807) is 11.1 Å². The van der Waals surface area contributed by atoms with E-state index < -0.39 is 0 Å². The molecule has 1 atom stereocenters. The van der Waals surface area contributed by atoms with Crippen LogP contribution < -0.4 is 10.2 Å². The number of nitrogens with one attached hydrogen (secondary N) is 1. The second-order valence-corrected chi connectivity index (χ2v) is 7.21. The summed E-state index contributed by atoms with van der Waals surface area (Å²) < 4.78 is 0.901. The number of para-hydroxylation sites is 1. The Morgan fingerprint density at radius 1 is 1.15 bits per heavy atom. The Labute approximate surface area is 159 Å². The Balaban J connectivity index is 1.49. The number of aromatic nitrogens is 1. The molecule has 130 valence electrons. The lowest BCUT2D eigenvalue weighted by Gasteiger charge is -2.17. The molecule has 1 unspecified atom stereocenters. The minimum Gasteiger partial charge on any atom is -0.324 e. The fourth-order valence-electron chi connectivity index (χ4n) is 3.16. The molecular weight excluding hydrogens is 394 g/mol. The molecule has 5 nitrogen and oxygen atoms in total. The highest BCUT2D eigenvalue weighted by Gasteiger charge is 2.35. The first-order valence-electron chi connectivity index (χ1n) is 8.32. The quantitative estimate of drug-likeness (QED) is 0.711. The van der Waals surface area contributed by atoms with E-state index in [9.17, 15) is 9.59 Å². The lowest BCUT2D eigenvalue weighted by Crippen LogP contribution is -2.28. The van der Waals surface area contributed by atoms with Crippen LogP contribution in [0.3, 0.4) is 0 Å². The van der Waals surface area contributed by atoms with Gasteiger partial charge in [-0.1, -0.05) is 40.2 Å². The van der Waals surface area contributed by atoms with Gasteiger partial charge in [0.05, 0.1) is 23.3 Å². The first kappa shape index (κ1) is 16.7. The summed E-state index contributed by atoms with van der Waals surface area (Å²) in [4.78, 5) is 31.0. The van der Waals surface area contributed by atoms with Crippen LogP contribution in [0.25, 0.3) is 10.9 Å². The number of carbonyl (C=O) groups excluding carboxylic acids is 2. The molecular formula is C20H16BrN3O2. The summed E-state index contributed by atoms with van der Waals surface area (Å²) in [7, 11) is 0. The van der Waals surface area contributed by atoms with Gasteiger partial charge in [0.25, 0.3) is 0 Å². The number of nitrogens with zero attached hydrogens (tertiary/aromatic N) is 2. The Hall–Kier alpha value is -2.73. The number of hydrogen-bond acceptors (Lipinski definition) is 3. The maximum Gasteiger partial charge on any atom is 0.229 e. The van der Waals surface area contributed by atoms with Crippen LogP contribution in [0.5, 0.6) is 0 Å². The van der Waals surface area contributed by atoms with Gasteiger partial charge in [-0.3, -0.25) is 14.6 Å². The standard InChI is InChI=1S/C20H16BrN3O2/c21-15-5-3-6-17(10-15)24-12-14(9-19(24)25)20(26)23-16-8-13-4-1-2-7-18(13)22-11-16/h1-8,10-11,14H,9,12H2,(H,23,26). The number of hydrogen-bond donors (Lipinski definition) is 1. The summed E-state index contributed by atoms with van der Waals surface area (Å²) in [5.41, 5.74) is 2.32. The molecule has 0 aliphatic carbocycles. The van der Waals surface area contributed by atoms with E-state index in [0.29, 0.717) is 12.2 Å². The normalized spacial score (nSPS) is 16.9.